The second kappa shape index (κ2) is 7.03. The summed E-state index contributed by atoms with van der Waals surface area (Å²) in [5.41, 5.74) is -0.489. The van der Waals surface area contributed by atoms with Gasteiger partial charge in [-0.05, 0) is 36.8 Å². The summed E-state index contributed by atoms with van der Waals surface area (Å²) in [7, 11) is 0. The van der Waals surface area contributed by atoms with Crippen molar-refractivity contribution in [1.82, 2.24) is 14.8 Å². The molecule has 0 radical (unpaired) electrons. The van der Waals surface area contributed by atoms with Crippen molar-refractivity contribution in [3.05, 3.63) is 61.5 Å². The van der Waals surface area contributed by atoms with Gasteiger partial charge in [-0.1, -0.05) is 35.3 Å². The third kappa shape index (κ3) is 2.83. The number of nitrogens with one attached hydrogen (secondary N) is 1. The summed E-state index contributed by atoms with van der Waals surface area (Å²) in [6.45, 7) is 0.537. The molecule has 7 nitrogen and oxygen atoms in total. The zero-order valence-electron chi connectivity index (χ0n) is 15.9. The number of rotatable bonds is 3. The highest BCUT2D eigenvalue weighted by atomic mass is 35.5. The molecule has 1 saturated carbocycles. The lowest BCUT2D eigenvalue weighted by Gasteiger charge is -2.40. The molecule has 3 aliphatic rings. The van der Waals surface area contributed by atoms with Gasteiger partial charge in [-0.25, -0.2) is 0 Å². The van der Waals surface area contributed by atoms with Gasteiger partial charge in [0.05, 0.1) is 16.1 Å². The van der Waals surface area contributed by atoms with Gasteiger partial charge in [-0.3, -0.25) is 14.4 Å². The van der Waals surface area contributed by atoms with Gasteiger partial charge >= 0.3 is 0 Å². The Balaban J connectivity index is 1.45. The summed E-state index contributed by atoms with van der Waals surface area (Å²) < 4.78 is 1.56. The van der Waals surface area contributed by atoms with Crippen molar-refractivity contribution in [3.63, 3.8) is 0 Å². The lowest BCUT2D eigenvalue weighted by molar-refractivity contribution is 0.0482. The van der Waals surface area contributed by atoms with Gasteiger partial charge in [0.25, 0.3) is 11.8 Å². The highest BCUT2D eigenvalue weighted by Crippen LogP contribution is 2.45. The summed E-state index contributed by atoms with van der Waals surface area (Å²) in [5.74, 6) is -1.22. The number of fused-ring (bicyclic) bond motifs is 6. The van der Waals surface area contributed by atoms with E-state index in [9.17, 15) is 19.5 Å². The number of amides is 2. The largest absolute Gasteiger partial charge is 0.503 e. The molecule has 2 N–H and O–H groups in total. The molecular formula is C21H19Cl2N3O4. The maximum atomic E-state index is 13.0. The van der Waals surface area contributed by atoms with Crippen molar-refractivity contribution in [2.24, 2.45) is 5.92 Å². The fourth-order valence-corrected chi connectivity index (χ4v) is 5.49. The van der Waals surface area contributed by atoms with Gasteiger partial charge in [-0.15, -0.1) is 0 Å². The zero-order chi connectivity index (χ0) is 21.2. The number of benzene rings is 1. The number of hydrogen-bond donors (Lipinski definition) is 2. The van der Waals surface area contributed by atoms with Crippen LogP contribution in [0.5, 0.6) is 5.75 Å². The van der Waals surface area contributed by atoms with Crippen LogP contribution in [0.2, 0.25) is 10.0 Å². The minimum atomic E-state index is -0.855. The zero-order valence-corrected chi connectivity index (χ0v) is 17.4. The second-order valence-electron chi connectivity index (χ2n) is 8.12. The van der Waals surface area contributed by atoms with E-state index in [0.717, 1.165) is 19.3 Å². The summed E-state index contributed by atoms with van der Waals surface area (Å²) in [6.07, 6.45) is 4.38. The van der Waals surface area contributed by atoms with E-state index in [1.807, 2.05) is 4.90 Å². The van der Waals surface area contributed by atoms with Gasteiger partial charge in [0, 0.05) is 25.3 Å². The molecule has 0 spiro atoms. The number of hydrogen-bond acceptors (Lipinski definition) is 4. The number of piperidine rings is 1. The Morgan fingerprint density at radius 1 is 1.23 bits per heavy atom. The quantitative estimate of drug-likeness (QED) is 0.756. The van der Waals surface area contributed by atoms with Gasteiger partial charge in [-0.2, -0.15) is 0 Å². The fraction of sp³-hybridized carbons (Fsp3) is 0.381. The van der Waals surface area contributed by atoms with Crippen LogP contribution < -0.4 is 10.7 Å². The van der Waals surface area contributed by atoms with Crippen LogP contribution >= 0.6 is 23.2 Å². The van der Waals surface area contributed by atoms with Gasteiger partial charge in [0.1, 0.15) is 5.56 Å². The van der Waals surface area contributed by atoms with Crippen molar-refractivity contribution in [3.8, 4) is 5.75 Å². The molecule has 2 fully saturated rings. The van der Waals surface area contributed by atoms with Crippen LogP contribution in [0.3, 0.4) is 0 Å². The molecule has 2 bridgehead atoms. The summed E-state index contributed by atoms with van der Waals surface area (Å²) >= 11 is 12.1. The first-order valence-electron chi connectivity index (χ1n) is 9.87. The fourth-order valence-electron chi connectivity index (χ4n) is 5.10. The van der Waals surface area contributed by atoms with Crippen LogP contribution in [0.15, 0.2) is 29.2 Å². The van der Waals surface area contributed by atoms with Crippen LogP contribution in [0.1, 0.15) is 45.7 Å². The SMILES string of the molecule is O=C(NCc1cccc(Cl)c1Cl)c1cn2c(c(O)c1=O)C(=O)N1[C@@H]3CC[C@@H](C3)[C@@H]1C2. The molecule has 5 rings (SSSR count). The van der Waals surface area contributed by atoms with E-state index in [-0.39, 0.29) is 35.8 Å². The first-order valence-corrected chi connectivity index (χ1v) is 10.6. The number of carbonyl (C=O) groups is 2. The molecule has 3 atom stereocenters. The number of aromatic hydroxyl groups is 1. The van der Waals surface area contributed by atoms with E-state index >= 15 is 0 Å². The number of nitrogens with zero attached hydrogens (tertiary/aromatic N) is 2. The Labute approximate surface area is 182 Å². The van der Waals surface area contributed by atoms with Crippen LogP contribution in [0, 0.1) is 5.92 Å². The predicted octanol–water partition coefficient (Wildman–Crippen LogP) is 2.80. The Kier molecular flexibility index (Phi) is 4.56. The van der Waals surface area contributed by atoms with E-state index in [1.54, 1.807) is 22.8 Å². The lowest BCUT2D eigenvalue weighted by Crippen LogP contribution is -2.52. The average molecular weight is 448 g/mol. The molecule has 0 unspecified atom stereocenters. The molecule has 1 saturated heterocycles. The monoisotopic (exact) mass is 447 g/mol. The summed E-state index contributed by atoms with van der Waals surface area (Å²) in [5, 5.41) is 13.8. The number of pyridine rings is 1. The van der Waals surface area contributed by atoms with E-state index in [1.165, 1.54) is 6.20 Å². The van der Waals surface area contributed by atoms with Gasteiger partial charge < -0.3 is 19.9 Å². The highest BCUT2D eigenvalue weighted by molar-refractivity contribution is 6.42. The lowest BCUT2D eigenvalue weighted by atomic mass is 9.95. The summed E-state index contributed by atoms with van der Waals surface area (Å²) in [4.78, 5) is 40.2. The third-order valence-electron chi connectivity index (χ3n) is 6.53. The Morgan fingerprint density at radius 3 is 2.83 bits per heavy atom. The number of aromatic nitrogens is 1. The Morgan fingerprint density at radius 2 is 2.03 bits per heavy atom. The van der Waals surface area contributed by atoms with Gasteiger partial charge in [0.2, 0.25) is 5.43 Å². The van der Waals surface area contributed by atoms with E-state index in [0.29, 0.717) is 28.1 Å². The van der Waals surface area contributed by atoms with Crippen LogP contribution in [0.25, 0.3) is 0 Å². The topological polar surface area (TPSA) is 91.6 Å². The normalized spacial score (nSPS) is 24.0. The smallest absolute Gasteiger partial charge is 0.275 e. The predicted molar refractivity (Wildman–Crippen MR) is 111 cm³/mol. The standard InChI is InChI=1S/C21H19Cl2N3O4/c22-14-3-1-2-11(16(14)23)7-24-20(29)13-8-25-9-15-10-4-5-12(6-10)26(15)21(30)17(25)19(28)18(13)27/h1-3,8,10,12,15,28H,4-7,9H2,(H,24,29)/t10-,12+,15-/m0/s1. The minimum absolute atomic E-state index is 0.0294. The van der Waals surface area contributed by atoms with Crippen molar-refractivity contribution in [2.45, 2.75) is 44.4 Å². The molecule has 2 aliphatic heterocycles. The van der Waals surface area contributed by atoms with Crippen LogP contribution in [-0.4, -0.2) is 38.5 Å². The molecule has 1 aromatic carbocycles. The maximum Gasteiger partial charge on any atom is 0.275 e. The van der Waals surface area contributed by atoms with E-state index in [2.05, 4.69) is 5.32 Å². The molecule has 1 aliphatic carbocycles. The number of halogens is 2. The molecule has 30 heavy (non-hydrogen) atoms. The van der Waals surface area contributed by atoms with Gasteiger partial charge in [0.15, 0.2) is 11.4 Å². The highest BCUT2D eigenvalue weighted by Gasteiger charge is 2.51. The summed E-state index contributed by atoms with van der Waals surface area (Å²) in [6, 6.07) is 5.29. The molecule has 9 heteroatoms. The van der Waals surface area contributed by atoms with Crippen molar-refractivity contribution in [2.75, 3.05) is 0 Å². The molecule has 156 valence electrons. The molecule has 2 aromatic rings. The van der Waals surface area contributed by atoms with Crippen molar-refractivity contribution in [1.29, 1.82) is 0 Å². The first-order chi connectivity index (χ1) is 14.4. The molecule has 1 aromatic heterocycles. The van der Waals surface area contributed by atoms with Crippen molar-refractivity contribution < 1.29 is 14.7 Å². The van der Waals surface area contributed by atoms with Crippen LogP contribution in [-0.2, 0) is 13.1 Å². The Bertz CT molecular complexity index is 1150. The average Bonchev–Trinajstić information content (AvgIpc) is 3.33. The van der Waals surface area contributed by atoms with E-state index < -0.39 is 17.1 Å². The maximum absolute atomic E-state index is 13.0. The number of carbonyl (C=O) groups excluding carboxylic acids is 2. The molecule has 3 heterocycles. The second-order valence-corrected chi connectivity index (χ2v) is 8.91. The van der Waals surface area contributed by atoms with Crippen LogP contribution in [0.4, 0.5) is 0 Å². The van der Waals surface area contributed by atoms with Crippen molar-refractivity contribution >= 4 is 35.0 Å². The van der Waals surface area contributed by atoms with E-state index in [4.69, 9.17) is 23.2 Å². The Hall–Kier alpha value is -2.51. The molecular weight excluding hydrogens is 429 g/mol. The minimum Gasteiger partial charge on any atom is -0.503 e. The third-order valence-corrected chi connectivity index (χ3v) is 7.39. The molecule has 2 amide bonds. The first kappa shape index (κ1) is 19.5.